The number of carbonyl (C=O) groups excluding carboxylic acids is 1. The van der Waals surface area contributed by atoms with Gasteiger partial charge in [-0.05, 0) is 44.4 Å². The van der Waals surface area contributed by atoms with Crippen LogP contribution in [0.3, 0.4) is 0 Å². The average molecular weight is 481 g/mol. The Morgan fingerprint density at radius 1 is 1.03 bits per heavy atom. The number of aromatic nitrogens is 3. The van der Waals surface area contributed by atoms with Crippen molar-refractivity contribution in [1.29, 1.82) is 0 Å². The van der Waals surface area contributed by atoms with Gasteiger partial charge in [0.1, 0.15) is 0 Å². The predicted octanol–water partition coefficient (Wildman–Crippen LogP) is 5.24. The van der Waals surface area contributed by atoms with Crippen molar-refractivity contribution in [3.05, 3.63) is 54.1 Å². The molecule has 0 bridgehead atoms. The zero-order valence-corrected chi connectivity index (χ0v) is 21.0. The summed E-state index contributed by atoms with van der Waals surface area (Å²) in [6.07, 6.45) is 1.86. The molecule has 3 aromatic rings. The van der Waals surface area contributed by atoms with E-state index >= 15 is 0 Å². The maximum Gasteiger partial charge on any atom is 0.233 e. The number of benzene rings is 2. The van der Waals surface area contributed by atoms with E-state index in [0.29, 0.717) is 12.3 Å². The second kappa shape index (κ2) is 11.0. The van der Waals surface area contributed by atoms with Gasteiger partial charge in [0.05, 0.1) is 12.3 Å². The number of rotatable bonds is 10. The van der Waals surface area contributed by atoms with E-state index in [1.54, 1.807) is 0 Å². The molecule has 0 N–H and O–H groups in total. The second-order valence-electron chi connectivity index (χ2n) is 8.55. The van der Waals surface area contributed by atoms with Gasteiger partial charge in [-0.3, -0.25) is 9.36 Å². The van der Waals surface area contributed by atoms with Gasteiger partial charge in [-0.2, -0.15) is 0 Å². The van der Waals surface area contributed by atoms with Crippen molar-refractivity contribution >= 4 is 17.7 Å². The summed E-state index contributed by atoms with van der Waals surface area (Å²) < 4.78 is 13.1. The van der Waals surface area contributed by atoms with Gasteiger partial charge in [-0.25, -0.2) is 0 Å². The topological polar surface area (TPSA) is 69.5 Å². The standard InChI is InChI=1S/C26H32N4O3S/c1-5-18(3)30(19(4)6-2)24(31)16-34-26-28-27-25(21-10-8-7-9-11-21)29(26)15-20-12-13-22-23(14-20)33-17-32-22/h7-14,18-19H,5-6,15-17H2,1-4H3. The van der Waals surface area contributed by atoms with E-state index in [-0.39, 0.29) is 24.8 Å². The number of thioether (sulfide) groups is 1. The van der Waals surface area contributed by atoms with Crippen molar-refractivity contribution < 1.29 is 14.3 Å². The molecule has 1 aliphatic rings. The SMILES string of the molecule is CCC(C)N(C(=O)CSc1nnc(-c2ccccc2)n1Cc1ccc2c(c1)OCO2)C(C)CC. The lowest BCUT2D eigenvalue weighted by Gasteiger charge is -2.34. The van der Waals surface area contributed by atoms with Gasteiger partial charge in [0.2, 0.25) is 12.7 Å². The highest BCUT2D eigenvalue weighted by atomic mass is 32.2. The van der Waals surface area contributed by atoms with Gasteiger partial charge in [0.15, 0.2) is 22.5 Å². The lowest BCUT2D eigenvalue weighted by Crippen LogP contribution is -2.45. The summed E-state index contributed by atoms with van der Waals surface area (Å²) in [5, 5.41) is 9.68. The van der Waals surface area contributed by atoms with Gasteiger partial charge in [-0.15, -0.1) is 10.2 Å². The fourth-order valence-corrected chi connectivity index (χ4v) is 4.89. The molecular formula is C26H32N4O3S. The van der Waals surface area contributed by atoms with Crippen LogP contribution >= 0.6 is 11.8 Å². The second-order valence-corrected chi connectivity index (χ2v) is 9.49. The van der Waals surface area contributed by atoms with Crippen molar-refractivity contribution in [3.63, 3.8) is 0 Å². The molecule has 8 heteroatoms. The van der Waals surface area contributed by atoms with E-state index in [2.05, 4.69) is 42.5 Å². The first kappa shape index (κ1) is 24.1. The normalized spacial score (nSPS) is 14.1. The average Bonchev–Trinajstić information content (AvgIpc) is 3.49. The monoisotopic (exact) mass is 480 g/mol. The lowest BCUT2D eigenvalue weighted by atomic mass is 10.1. The number of amides is 1. The van der Waals surface area contributed by atoms with Crippen LogP contribution < -0.4 is 9.47 Å². The molecule has 1 aromatic heterocycles. The van der Waals surface area contributed by atoms with Crippen LogP contribution in [0.15, 0.2) is 53.7 Å². The molecule has 34 heavy (non-hydrogen) atoms. The third kappa shape index (κ3) is 5.22. The highest BCUT2D eigenvalue weighted by molar-refractivity contribution is 7.99. The maximum atomic E-state index is 13.2. The van der Waals surface area contributed by atoms with Crippen molar-refractivity contribution in [1.82, 2.24) is 19.7 Å². The van der Waals surface area contributed by atoms with E-state index in [1.165, 1.54) is 11.8 Å². The number of nitrogens with zero attached hydrogens (tertiary/aromatic N) is 4. The predicted molar refractivity (Wildman–Crippen MR) is 134 cm³/mol. The zero-order chi connectivity index (χ0) is 24.1. The molecule has 2 unspecified atom stereocenters. The molecule has 4 rings (SSSR count). The van der Waals surface area contributed by atoms with Crippen LogP contribution in [0, 0.1) is 0 Å². The summed E-state index contributed by atoms with van der Waals surface area (Å²) >= 11 is 1.44. The molecule has 0 aliphatic carbocycles. The van der Waals surface area contributed by atoms with Crippen LogP contribution in [0.5, 0.6) is 11.5 Å². The van der Waals surface area contributed by atoms with Crippen LogP contribution in [0.1, 0.15) is 46.1 Å². The maximum absolute atomic E-state index is 13.2. The molecule has 2 aromatic carbocycles. The van der Waals surface area contributed by atoms with E-state index in [4.69, 9.17) is 9.47 Å². The van der Waals surface area contributed by atoms with Gasteiger partial charge in [-0.1, -0.05) is 62.0 Å². The summed E-state index contributed by atoms with van der Waals surface area (Å²) in [5.41, 5.74) is 2.03. The summed E-state index contributed by atoms with van der Waals surface area (Å²) in [6, 6.07) is 16.3. The van der Waals surface area contributed by atoms with Gasteiger partial charge < -0.3 is 14.4 Å². The highest BCUT2D eigenvalue weighted by Crippen LogP contribution is 2.34. The molecule has 2 heterocycles. The molecule has 1 aliphatic heterocycles. The van der Waals surface area contributed by atoms with Crippen LogP contribution in [-0.4, -0.2) is 50.2 Å². The smallest absolute Gasteiger partial charge is 0.233 e. The molecular weight excluding hydrogens is 448 g/mol. The molecule has 0 fully saturated rings. The van der Waals surface area contributed by atoms with Crippen LogP contribution in [0.2, 0.25) is 0 Å². The van der Waals surface area contributed by atoms with E-state index in [0.717, 1.165) is 46.4 Å². The Hall–Kier alpha value is -3.00. The fraction of sp³-hybridized carbons (Fsp3) is 0.423. The summed E-state index contributed by atoms with van der Waals surface area (Å²) in [5.74, 6) is 2.73. The molecule has 0 saturated carbocycles. The zero-order valence-electron chi connectivity index (χ0n) is 20.2. The Bertz CT molecular complexity index is 1110. The number of ether oxygens (including phenoxy) is 2. The van der Waals surface area contributed by atoms with E-state index in [1.807, 2.05) is 53.4 Å². The fourth-order valence-electron chi connectivity index (χ4n) is 4.08. The minimum Gasteiger partial charge on any atom is -0.454 e. The van der Waals surface area contributed by atoms with E-state index in [9.17, 15) is 4.79 Å². The molecule has 180 valence electrons. The third-order valence-corrected chi connectivity index (χ3v) is 7.22. The summed E-state index contributed by atoms with van der Waals surface area (Å²) in [7, 11) is 0. The van der Waals surface area contributed by atoms with Gasteiger partial charge >= 0.3 is 0 Å². The third-order valence-electron chi connectivity index (χ3n) is 6.27. The Morgan fingerprint density at radius 2 is 1.74 bits per heavy atom. The summed E-state index contributed by atoms with van der Waals surface area (Å²) in [4.78, 5) is 15.2. The van der Waals surface area contributed by atoms with Crippen LogP contribution in [0.4, 0.5) is 0 Å². The molecule has 2 atom stereocenters. The highest BCUT2D eigenvalue weighted by Gasteiger charge is 2.25. The number of carbonyl (C=O) groups is 1. The number of hydrogen-bond acceptors (Lipinski definition) is 6. The molecule has 0 radical (unpaired) electrons. The molecule has 0 spiro atoms. The van der Waals surface area contributed by atoms with E-state index < -0.39 is 0 Å². The lowest BCUT2D eigenvalue weighted by molar-refractivity contribution is -0.132. The van der Waals surface area contributed by atoms with Gasteiger partial charge in [0.25, 0.3) is 0 Å². The molecule has 7 nitrogen and oxygen atoms in total. The van der Waals surface area contributed by atoms with Crippen molar-refractivity contribution in [2.24, 2.45) is 0 Å². The summed E-state index contributed by atoms with van der Waals surface area (Å²) in [6.45, 7) is 9.27. The first-order chi connectivity index (χ1) is 16.5. The van der Waals surface area contributed by atoms with Crippen molar-refractivity contribution in [3.8, 4) is 22.9 Å². The Kier molecular flexibility index (Phi) is 7.77. The Morgan fingerprint density at radius 3 is 2.44 bits per heavy atom. The Balaban J connectivity index is 1.60. The quantitative estimate of drug-likeness (QED) is 0.370. The van der Waals surface area contributed by atoms with Gasteiger partial charge in [0, 0.05) is 17.6 Å². The van der Waals surface area contributed by atoms with Crippen molar-refractivity contribution in [2.45, 2.75) is 64.3 Å². The Labute approximate surface area is 205 Å². The number of hydrogen-bond donors (Lipinski definition) is 0. The number of fused-ring (bicyclic) bond motifs is 1. The molecule has 0 saturated heterocycles. The minimum absolute atomic E-state index is 0.132. The van der Waals surface area contributed by atoms with Crippen molar-refractivity contribution in [2.75, 3.05) is 12.5 Å². The van der Waals surface area contributed by atoms with Crippen LogP contribution in [-0.2, 0) is 11.3 Å². The molecule has 1 amide bonds. The van der Waals surface area contributed by atoms with Crippen LogP contribution in [0.25, 0.3) is 11.4 Å². The first-order valence-corrected chi connectivity index (χ1v) is 12.8. The largest absolute Gasteiger partial charge is 0.454 e. The first-order valence-electron chi connectivity index (χ1n) is 11.8. The minimum atomic E-state index is 0.132.